The van der Waals surface area contributed by atoms with Crippen molar-refractivity contribution in [1.29, 1.82) is 0 Å². The fourth-order valence-electron chi connectivity index (χ4n) is 2.12. The predicted molar refractivity (Wildman–Crippen MR) is 87.4 cm³/mol. The fourth-order valence-corrected chi connectivity index (χ4v) is 2.12. The molecule has 0 aliphatic carbocycles. The average Bonchev–Trinajstić information content (AvgIpc) is 2.44. The first-order valence-corrected chi connectivity index (χ1v) is 6.61. The van der Waals surface area contributed by atoms with Gasteiger partial charge in [0.15, 0.2) is 0 Å². The zero-order valence-electron chi connectivity index (χ0n) is 12.3. The summed E-state index contributed by atoms with van der Waals surface area (Å²) in [5.41, 5.74) is 1.29. The molecule has 114 valence electrons. The molecule has 21 heavy (non-hydrogen) atoms. The minimum absolute atomic E-state index is 0. The summed E-state index contributed by atoms with van der Waals surface area (Å²) in [6.45, 7) is 4.23. The van der Waals surface area contributed by atoms with Crippen LogP contribution in [-0.2, 0) is 0 Å². The van der Waals surface area contributed by atoms with Gasteiger partial charge < -0.3 is 15.6 Å². The highest BCUT2D eigenvalue weighted by atomic mass is 35.5. The molecule has 1 heterocycles. The average molecular weight is 310 g/mol. The molecule has 0 aliphatic heterocycles. The number of benzene rings is 1. The summed E-state index contributed by atoms with van der Waals surface area (Å²) in [6.07, 6.45) is 0. The number of carbonyl (C=O) groups is 1. The molecule has 1 amide bonds. The Kier molecular flexibility index (Phi) is 5.93. The van der Waals surface area contributed by atoms with Gasteiger partial charge in [-0.3, -0.25) is 9.59 Å². The van der Waals surface area contributed by atoms with Gasteiger partial charge in [0.1, 0.15) is 5.56 Å². The number of amides is 1. The van der Waals surface area contributed by atoms with Crippen LogP contribution in [0.25, 0.3) is 10.9 Å². The summed E-state index contributed by atoms with van der Waals surface area (Å²) in [6, 6.07) is 7.62. The number of hydrogen-bond donors (Lipinski definition) is 3. The Morgan fingerprint density at radius 3 is 2.67 bits per heavy atom. The van der Waals surface area contributed by atoms with E-state index >= 15 is 0 Å². The number of H-pyrrole nitrogens is 1. The second kappa shape index (κ2) is 7.24. The smallest absolute Gasteiger partial charge is 0.261 e. The van der Waals surface area contributed by atoms with Crippen molar-refractivity contribution in [3.8, 4) is 0 Å². The third kappa shape index (κ3) is 3.62. The number of pyridine rings is 1. The molecule has 6 heteroatoms. The van der Waals surface area contributed by atoms with E-state index in [1.54, 1.807) is 6.92 Å². The van der Waals surface area contributed by atoms with E-state index in [1.807, 2.05) is 38.2 Å². The number of nitrogens with one attached hydrogen (secondary N) is 3. The molecule has 5 nitrogen and oxygen atoms in total. The number of hydrogen-bond acceptors (Lipinski definition) is 3. The molecular formula is C15H20ClN3O2. The monoisotopic (exact) mass is 309 g/mol. The molecular weight excluding hydrogens is 290 g/mol. The van der Waals surface area contributed by atoms with Gasteiger partial charge in [-0.2, -0.15) is 0 Å². The standard InChI is InChI=1S/C15H19N3O2.ClH/c1-9(16-3)8-17-14(19)13-10(2)11-6-4-5-7-12(11)18-15(13)20;/h4-7,9,16H,8H2,1-3H3,(H,17,19)(H,18,20);1H. The summed E-state index contributed by atoms with van der Waals surface area (Å²) in [5, 5.41) is 6.69. The number of fused-ring (bicyclic) bond motifs is 1. The highest BCUT2D eigenvalue weighted by Crippen LogP contribution is 2.16. The summed E-state index contributed by atoms with van der Waals surface area (Å²) in [5.74, 6) is -0.336. The van der Waals surface area contributed by atoms with Gasteiger partial charge in [0.25, 0.3) is 11.5 Å². The van der Waals surface area contributed by atoms with Crippen molar-refractivity contribution in [2.75, 3.05) is 13.6 Å². The van der Waals surface area contributed by atoms with Gasteiger partial charge in [-0.1, -0.05) is 18.2 Å². The van der Waals surface area contributed by atoms with Gasteiger partial charge in [0.2, 0.25) is 0 Å². The van der Waals surface area contributed by atoms with E-state index in [9.17, 15) is 9.59 Å². The van der Waals surface area contributed by atoms with Crippen LogP contribution < -0.4 is 16.2 Å². The lowest BCUT2D eigenvalue weighted by molar-refractivity contribution is 0.0948. The summed E-state index contributed by atoms with van der Waals surface area (Å²) >= 11 is 0. The summed E-state index contributed by atoms with van der Waals surface area (Å²) in [4.78, 5) is 27.0. The van der Waals surface area contributed by atoms with Gasteiger partial charge in [-0.05, 0) is 32.5 Å². The van der Waals surface area contributed by atoms with Crippen LogP contribution in [0.1, 0.15) is 22.8 Å². The van der Waals surface area contributed by atoms with Crippen LogP contribution in [0, 0.1) is 6.92 Å². The van der Waals surface area contributed by atoms with E-state index < -0.39 is 0 Å². The lowest BCUT2D eigenvalue weighted by atomic mass is 10.0. The molecule has 0 radical (unpaired) electrons. The first-order valence-electron chi connectivity index (χ1n) is 6.61. The molecule has 0 fully saturated rings. The molecule has 2 rings (SSSR count). The molecule has 0 aliphatic rings. The number of para-hydroxylation sites is 1. The van der Waals surface area contributed by atoms with Gasteiger partial charge in [0.05, 0.1) is 0 Å². The van der Waals surface area contributed by atoms with Crippen molar-refractivity contribution >= 4 is 29.2 Å². The van der Waals surface area contributed by atoms with E-state index in [2.05, 4.69) is 15.6 Å². The Morgan fingerprint density at radius 2 is 2.00 bits per heavy atom. The predicted octanol–water partition coefficient (Wildman–Crippen LogP) is 1.60. The number of halogens is 1. The normalized spacial score (nSPS) is 11.8. The SMILES string of the molecule is CNC(C)CNC(=O)c1c(C)c2ccccc2[nH]c1=O.Cl. The Bertz CT molecular complexity index is 697. The molecule has 1 unspecified atom stereocenters. The highest BCUT2D eigenvalue weighted by Gasteiger charge is 2.16. The summed E-state index contributed by atoms with van der Waals surface area (Å²) in [7, 11) is 1.82. The van der Waals surface area contributed by atoms with E-state index in [1.165, 1.54) is 0 Å². The molecule has 0 saturated heterocycles. The van der Waals surface area contributed by atoms with E-state index in [0.29, 0.717) is 12.1 Å². The quantitative estimate of drug-likeness (QED) is 0.803. The first kappa shape index (κ1) is 17.2. The molecule has 1 aromatic carbocycles. The first-order chi connectivity index (χ1) is 9.54. The van der Waals surface area contributed by atoms with Gasteiger partial charge in [-0.15, -0.1) is 12.4 Å². The van der Waals surface area contributed by atoms with Crippen molar-refractivity contribution in [3.05, 3.63) is 45.7 Å². The second-order valence-corrected chi connectivity index (χ2v) is 4.90. The number of aromatic amines is 1. The number of likely N-dealkylation sites (N-methyl/N-ethyl adjacent to an activating group) is 1. The zero-order valence-corrected chi connectivity index (χ0v) is 13.1. The molecule has 0 spiro atoms. The molecule has 1 aromatic heterocycles. The topological polar surface area (TPSA) is 74.0 Å². The van der Waals surface area contributed by atoms with Crippen LogP contribution >= 0.6 is 12.4 Å². The van der Waals surface area contributed by atoms with Crippen LogP contribution in [0.2, 0.25) is 0 Å². The Hall–Kier alpha value is -1.85. The van der Waals surface area contributed by atoms with Crippen LogP contribution in [0.5, 0.6) is 0 Å². The highest BCUT2D eigenvalue weighted by molar-refractivity contribution is 5.99. The Morgan fingerprint density at radius 1 is 1.33 bits per heavy atom. The number of carbonyl (C=O) groups excluding carboxylic acids is 1. The largest absolute Gasteiger partial charge is 0.350 e. The lowest BCUT2D eigenvalue weighted by Gasteiger charge is -2.13. The van der Waals surface area contributed by atoms with Crippen LogP contribution in [0.3, 0.4) is 0 Å². The fraction of sp³-hybridized carbons (Fsp3) is 0.333. The Labute approximate surface area is 129 Å². The number of aromatic nitrogens is 1. The van der Waals surface area contributed by atoms with E-state index in [-0.39, 0.29) is 35.5 Å². The molecule has 0 bridgehead atoms. The number of aryl methyl sites for hydroxylation is 1. The summed E-state index contributed by atoms with van der Waals surface area (Å²) < 4.78 is 0. The Balaban J connectivity index is 0.00000220. The maximum Gasteiger partial charge on any atom is 0.261 e. The third-order valence-corrected chi connectivity index (χ3v) is 3.47. The molecule has 0 saturated carbocycles. The van der Waals surface area contributed by atoms with Crippen molar-refractivity contribution in [3.63, 3.8) is 0 Å². The van der Waals surface area contributed by atoms with E-state index in [0.717, 1.165) is 10.9 Å². The molecule has 3 N–H and O–H groups in total. The van der Waals surface area contributed by atoms with Crippen LogP contribution in [0.15, 0.2) is 29.1 Å². The van der Waals surface area contributed by atoms with Crippen molar-refractivity contribution in [2.45, 2.75) is 19.9 Å². The van der Waals surface area contributed by atoms with Gasteiger partial charge >= 0.3 is 0 Å². The minimum atomic E-state index is -0.351. The zero-order chi connectivity index (χ0) is 14.7. The lowest BCUT2D eigenvalue weighted by Crippen LogP contribution is -2.39. The molecule has 2 aromatic rings. The van der Waals surface area contributed by atoms with Crippen LogP contribution in [-0.4, -0.2) is 30.5 Å². The van der Waals surface area contributed by atoms with Gasteiger partial charge in [0, 0.05) is 23.5 Å². The maximum atomic E-state index is 12.2. The van der Waals surface area contributed by atoms with Gasteiger partial charge in [-0.25, -0.2) is 0 Å². The molecule has 1 atom stereocenters. The minimum Gasteiger partial charge on any atom is -0.350 e. The second-order valence-electron chi connectivity index (χ2n) is 4.90. The van der Waals surface area contributed by atoms with Crippen molar-refractivity contribution < 1.29 is 4.79 Å². The third-order valence-electron chi connectivity index (χ3n) is 3.47. The van der Waals surface area contributed by atoms with Crippen molar-refractivity contribution in [2.24, 2.45) is 0 Å². The number of rotatable bonds is 4. The van der Waals surface area contributed by atoms with Crippen molar-refractivity contribution in [1.82, 2.24) is 15.6 Å². The van der Waals surface area contributed by atoms with Crippen LogP contribution in [0.4, 0.5) is 0 Å². The maximum absolute atomic E-state index is 12.2. The van der Waals surface area contributed by atoms with E-state index in [4.69, 9.17) is 0 Å².